The lowest BCUT2D eigenvalue weighted by molar-refractivity contribution is 0.174. The Morgan fingerprint density at radius 2 is 2.23 bits per heavy atom. The van der Waals surface area contributed by atoms with Crippen LogP contribution >= 0.6 is 0 Å². The van der Waals surface area contributed by atoms with Crippen LogP contribution in [0.2, 0.25) is 0 Å². The van der Waals surface area contributed by atoms with Crippen LogP contribution in [0.1, 0.15) is 25.3 Å². The van der Waals surface area contributed by atoms with E-state index < -0.39 is 0 Å². The van der Waals surface area contributed by atoms with Crippen molar-refractivity contribution < 1.29 is 9.47 Å². The molecule has 5 heteroatoms. The summed E-state index contributed by atoms with van der Waals surface area (Å²) in [6, 6.07) is 6.72. The predicted octanol–water partition coefficient (Wildman–Crippen LogP) is 2.61. The Morgan fingerprint density at radius 1 is 1.32 bits per heavy atom. The van der Waals surface area contributed by atoms with Crippen molar-refractivity contribution in [2.45, 2.75) is 38.8 Å². The molecular weight excluding hydrogens is 278 g/mol. The van der Waals surface area contributed by atoms with Crippen LogP contribution in [0.4, 0.5) is 0 Å². The average molecular weight is 301 g/mol. The number of imidazole rings is 1. The van der Waals surface area contributed by atoms with Crippen LogP contribution in [0.25, 0.3) is 0 Å². The van der Waals surface area contributed by atoms with Gasteiger partial charge < -0.3 is 19.4 Å². The minimum absolute atomic E-state index is 0.341. The molecule has 0 bridgehead atoms. The van der Waals surface area contributed by atoms with Crippen LogP contribution in [0.3, 0.4) is 0 Å². The Kier molecular flexibility index (Phi) is 4.96. The first kappa shape index (κ1) is 14.9. The van der Waals surface area contributed by atoms with Gasteiger partial charge in [-0.2, -0.15) is 0 Å². The van der Waals surface area contributed by atoms with Gasteiger partial charge in [0.05, 0.1) is 6.33 Å². The SMILES string of the molecule is CC(CCc1ccc2c(c1)OCO2)NCCCn1ccnc1. The summed E-state index contributed by atoms with van der Waals surface area (Å²) in [6.45, 7) is 4.63. The van der Waals surface area contributed by atoms with Gasteiger partial charge in [0.1, 0.15) is 0 Å². The predicted molar refractivity (Wildman–Crippen MR) is 85.2 cm³/mol. The van der Waals surface area contributed by atoms with Crippen LogP contribution in [0, 0.1) is 0 Å². The molecule has 22 heavy (non-hydrogen) atoms. The number of aryl methyl sites for hydroxylation is 2. The maximum Gasteiger partial charge on any atom is 0.231 e. The van der Waals surface area contributed by atoms with Crippen molar-refractivity contribution in [3.8, 4) is 11.5 Å². The lowest BCUT2D eigenvalue weighted by Crippen LogP contribution is -2.28. The molecule has 0 amide bonds. The first-order valence-electron chi connectivity index (χ1n) is 7.89. The van der Waals surface area contributed by atoms with Crippen molar-refractivity contribution in [2.75, 3.05) is 13.3 Å². The molecule has 1 aliphatic heterocycles. The highest BCUT2D eigenvalue weighted by atomic mass is 16.7. The molecule has 1 N–H and O–H groups in total. The Morgan fingerprint density at radius 3 is 3.09 bits per heavy atom. The zero-order valence-electron chi connectivity index (χ0n) is 13.0. The molecule has 1 aliphatic rings. The molecule has 0 saturated heterocycles. The van der Waals surface area contributed by atoms with Crippen molar-refractivity contribution in [1.82, 2.24) is 14.9 Å². The lowest BCUT2D eigenvalue weighted by Gasteiger charge is -2.14. The molecule has 2 heterocycles. The second-order valence-electron chi connectivity index (χ2n) is 5.74. The van der Waals surface area contributed by atoms with Gasteiger partial charge in [-0.15, -0.1) is 0 Å². The summed E-state index contributed by atoms with van der Waals surface area (Å²) in [4.78, 5) is 4.05. The standard InChI is InChI=1S/C17H23N3O2/c1-14(19-7-2-9-20-10-8-18-12-20)3-4-15-5-6-16-17(11-15)22-13-21-16/h5-6,8,10-12,14,19H,2-4,7,9,13H2,1H3. The van der Waals surface area contributed by atoms with Gasteiger partial charge in [0.15, 0.2) is 11.5 Å². The number of hydrogen-bond donors (Lipinski definition) is 1. The molecular formula is C17H23N3O2. The van der Waals surface area contributed by atoms with E-state index in [2.05, 4.69) is 33.9 Å². The first-order chi connectivity index (χ1) is 10.8. The summed E-state index contributed by atoms with van der Waals surface area (Å²) in [6.07, 6.45) is 8.97. The van der Waals surface area contributed by atoms with Gasteiger partial charge in [-0.05, 0) is 50.4 Å². The number of nitrogens with zero attached hydrogens (tertiary/aromatic N) is 2. The topological polar surface area (TPSA) is 48.3 Å². The fourth-order valence-corrected chi connectivity index (χ4v) is 2.61. The van der Waals surface area contributed by atoms with Crippen LogP contribution < -0.4 is 14.8 Å². The van der Waals surface area contributed by atoms with Crippen molar-refractivity contribution in [3.63, 3.8) is 0 Å². The molecule has 0 spiro atoms. The van der Waals surface area contributed by atoms with Gasteiger partial charge >= 0.3 is 0 Å². The van der Waals surface area contributed by atoms with E-state index in [4.69, 9.17) is 9.47 Å². The molecule has 0 fully saturated rings. The maximum absolute atomic E-state index is 5.42. The number of nitrogens with one attached hydrogen (secondary N) is 1. The summed E-state index contributed by atoms with van der Waals surface area (Å²) in [5.74, 6) is 1.73. The molecule has 1 aromatic carbocycles. The Labute approximate surface area is 131 Å². The van der Waals surface area contributed by atoms with Gasteiger partial charge in [-0.1, -0.05) is 6.07 Å². The molecule has 3 rings (SSSR count). The van der Waals surface area contributed by atoms with Crippen LogP contribution in [0.15, 0.2) is 36.9 Å². The smallest absolute Gasteiger partial charge is 0.231 e. The summed E-state index contributed by atoms with van der Waals surface area (Å²) in [5.41, 5.74) is 1.30. The number of aromatic nitrogens is 2. The van der Waals surface area contributed by atoms with E-state index in [1.807, 2.05) is 24.8 Å². The molecule has 1 aromatic heterocycles. The summed E-state index contributed by atoms with van der Waals surface area (Å²) in [5, 5.41) is 3.58. The summed E-state index contributed by atoms with van der Waals surface area (Å²) >= 11 is 0. The monoisotopic (exact) mass is 301 g/mol. The molecule has 118 valence electrons. The second-order valence-corrected chi connectivity index (χ2v) is 5.74. The van der Waals surface area contributed by atoms with E-state index >= 15 is 0 Å². The van der Waals surface area contributed by atoms with Gasteiger partial charge in [-0.25, -0.2) is 4.98 Å². The Balaban J connectivity index is 1.34. The molecule has 0 radical (unpaired) electrons. The van der Waals surface area contributed by atoms with Crippen LogP contribution in [0.5, 0.6) is 11.5 Å². The first-order valence-corrected chi connectivity index (χ1v) is 7.89. The van der Waals surface area contributed by atoms with Gasteiger partial charge in [-0.3, -0.25) is 0 Å². The molecule has 5 nitrogen and oxygen atoms in total. The fourth-order valence-electron chi connectivity index (χ4n) is 2.61. The van der Waals surface area contributed by atoms with Gasteiger partial charge in [0, 0.05) is 25.0 Å². The van der Waals surface area contributed by atoms with E-state index in [1.54, 1.807) is 0 Å². The van der Waals surface area contributed by atoms with Crippen LogP contribution in [-0.2, 0) is 13.0 Å². The number of ether oxygens (including phenoxy) is 2. The van der Waals surface area contributed by atoms with E-state index in [1.165, 1.54) is 5.56 Å². The number of fused-ring (bicyclic) bond motifs is 1. The summed E-state index contributed by atoms with van der Waals surface area (Å²) < 4.78 is 12.9. The van der Waals surface area contributed by atoms with E-state index in [0.29, 0.717) is 12.8 Å². The van der Waals surface area contributed by atoms with Gasteiger partial charge in [0.2, 0.25) is 6.79 Å². The quantitative estimate of drug-likeness (QED) is 0.761. The average Bonchev–Trinajstić information content (AvgIpc) is 3.20. The third-order valence-electron chi connectivity index (χ3n) is 3.95. The number of rotatable bonds is 8. The Bertz CT molecular complexity index is 584. The molecule has 0 saturated carbocycles. The van der Waals surface area contributed by atoms with Crippen molar-refractivity contribution in [2.24, 2.45) is 0 Å². The highest BCUT2D eigenvalue weighted by molar-refractivity contribution is 5.44. The van der Waals surface area contributed by atoms with Crippen molar-refractivity contribution in [3.05, 3.63) is 42.5 Å². The third kappa shape index (κ3) is 4.01. The minimum Gasteiger partial charge on any atom is -0.454 e. The van der Waals surface area contributed by atoms with E-state index in [9.17, 15) is 0 Å². The van der Waals surface area contributed by atoms with Gasteiger partial charge in [0.25, 0.3) is 0 Å². The third-order valence-corrected chi connectivity index (χ3v) is 3.95. The molecule has 0 aliphatic carbocycles. The normalized spacial score (nSPS) is 14.2. The van der Waals surface area contributed by atoms with Crippen LogP contribution in [-0.4, -0.2) is 28.9 Å². The summed E-state index contributed by atoms with van der Waals surface area (Å²) in [7, 11) is 0. The number of hydrogen-bond acceptors (Lipinski definition) is 4. The highest BCUT2D eigenvalue weighted by Crippen LogP contribution is 2.32. The fraction of sp³-hybridized carbons (Fsp3) is 0.471. The zero-order valence-corrected chi connectivity index (χ0v) is 13.0. The minimum atomic E-state index is 0.341. The van der Waals surface area contributed by atoms with Crippen molar-refractivity contribution >= 4 is 0 Å². The molecule has 2 aromatic rings. The highest BCUT2D eigenvalue weighted by Gasteiger charge is 2.13. The largest absolute Gasteiger partial charge is 0.454 e. The molecule has 1 atom stereocenters. The van der Waals surface area contributed by atoms with E-state index in [0.717, 1.165) is 43.9 Å². The van der Waals surface area contributed by atoms with Crippen molar-refractivity contribution in [1.29, 1.82) is 0 Å². The maximum atomic E-state index is 5.42. The lowest BCUT2D eigenvalue weighted by atomic mass is 10.1. The molecule has 1 unspecified atom stereocenters. The van der Waals surface area contributed by atoms with E-state index in [-0.39, 0.29) is 0 Å². The zero-order chi connectivity index (χ0) is 15.2. The second kappa shape index (κ2) is 7.31. The Hall–Kier alpha value is -2.01. The number of benzene rings is 1.